The van der Waals surface area contributed by atoms with Crippen molar-refractivity contribution < 1.29 is 9.53 Å². The number of esters is 1. The molecule has 3 rings (SSSR count). The SMILES string of the molecule is Cc1ccc(/C=C/C2Nc3ccncc3C(=O)O2)cc1C. The van der Waals surface area contributed by atoms with Gasteiger partial charge >= 0.3 is 5.97 Å². The summed E-state index contributed by atoms with van der Waals surface area (Å²) in [5, 5.41) is 3.15. The van der Waals surface area contributed by atoms with E-state index in [1.165, 1.54) is 17.3 Å². The van der Waals surface area contributed by atoms with Gasteiger partial charge in [-0.15, -0.1) is 0 Å². The largest absolute Gasteiger partial charge is 0.434 e. The van der Waals surface area contributed by atoms with Crippen LogP contribution in [0, 0.1) is 13.8 Å². The molecule has 0 saturated carbocycles. The Labute approximate surface area is 123 Å². The zero-order valence-electron chi connectivity index (χ0n) is 12.0. The fraction of sp³-hybridized carbons (Fsp3) is 0.176. The fourth-order valence-electron chi connectivity index (χ4n) is 2.20. The molecule has 0 radical (unpaired) electrons. The van der Waals surface area contributed by atoms with Gasteiger partial charge in [0.05, 0.1) is 5.69 Å². The van der Waals surface area contributed by atoms with Crippen LogP contribution in [0.15, 0.2) is 42.7 Å². The lowest BCUT2D eigenvalue weighted by atomic mass is 10.1. The number of hydrogen-bond donors (Lipinski definition) is 1. The molecule has 2 aromatic rings. The number of fused-ring (bicyclic) bond motifs is 1. The predicted octanol–water partition coefficient (Wildman–Crippen LogP) is 3.32. The van der Waals surface area contributed by atoms with Gasteiger partial charge in [0.1, 0.15) is 5.56 Å². The van der Waals surface area contributed by atoms with Crippen LogP contribution in [0.4, 0.5) is 5.69 Å². The van der Waals surface area contributed by atoms with Gasteiger partial charge in [-0.3, -0.25) is 4.98 Å². The van der Waals surface area contributed by atoms with Gasteiger partial charge in [0.25, 0.3) is 0 Å². The minimum absolute atomic E-state index is 0.355. The van der Waals surface area contributed by atoms with E-state index in [1.54, 1.807) is 12.3 Å². The second-order valence-corrected chi connectivity index (χ2v) is 5.09. The van der Waals surface area contributed by atoms with E-state index < -0.39 is 6.23 Å². The summed E-state index contributed by atoms with van der Waals surface area (Å²) in [7, 11) is 0. The number of pyridine rings is 1. The Hall–Kier alpha value is -2.62. The smallest absolute Gasteiger partial charge is 0.343 e. The monoisotopic (exact) mass is 280 g/mol. The lowest BCUT2D eigenvalue weighted by Gasteiger charge is -2.23. The minimum atomic E-state index is -0.464. The van der Waals surface area contributed by atoms with Gasteiger partial charge in [0, 0.05) is 12.4 Å². The molecule has 2 heterocycles. The minimum Gasteiger partial charge on any atom is -0.434 e. The normalized spacial score (nSPS) is 17.2. The third-order valence-electron chi connectivity index (χ3n) is 3.57. The summed E-state index contributed by atoms with van der Waals surface area (Å²) in [6, 6.07) is 8.00. The third-order valence-corrected chi connectivity index (χ3v) is 3.57. The van der Waals surface area contributed by atoms with Crippen LogP contribution in [0.25, 0.3) is 6.08 Å². The number of nitrogens with zero attached hydrogens (tertiary/aromatic N) is 1. The molecule has 1 aliphatic rings. The van der Waals surface area contributed by atoms with E-state index in [0.29, 0.717) is 5.56 Å². The molecule has 4 heteroatoms. The van der Waals surface area contributed by atoms with Gasteiger partial charge in [-0.05, 0) is 42.7 Å². The Morgan fingerprint density at radius 2 is 2.10 bits per heavy atom. The fourth-order valence-corrected chi connectivity index (χ4v) is 2.20. The molecule has 1 unspecified atom stereocenters. The maximum Gasteiger partial charge on any atom is 0.343 e. The zero-order valence-corrected chi connectivity index (χ0v) is 12.0. The molecule has 0 spiro atoms. The van der Waals surface area contributed by atoms with E-state index in [0.717, 1.165) is 11.3 Å². The number of aromatic nitrogens is 1. The lowest BCUT2D eigenvalue weighted by Crippen LogP contribution is -2.30. The summed E-state index contributed by atoms with van der Waals surface area (Å²) in [5.74, 6) is -0.355. The lowest BCUT2D eigenvalue weighted by molar-refractivity contribution is 0.0417. The predicted molar refractivity (Wildman–Crippen MR) is 82.0 cm³/mol. The molecule has 1 aromatic heterocycles. The zero-order chi connectivity index (χ0) is 14.8. The maximum absolute atomic E-state index is 11.9. The molecular weight excluding hydrogens is 264 g/mol. The molecule has 0 bridgehead atoms. The summed E-state index contributed by atoms with van der Waals surface area (Å²) >= 11 is 0. The first-order chi connectivity index (χ1) is 10.1. The van der Waals surface area contributed by atoms with Crippen molar-refractivity contribution in [3.8, 4) is 0 Å². The van der Waals surface area contributed by atoms with E-state index in [9.17, 15) is 4.79 Å². The van der Waals surface area contributed by atoms with Crippen molar-refractivity contribution in [2.45, 2.75) is 20.1 Å². The number of anilines is 1. The van der Waals surface area contributed by atoms with E-state index in [2.05, 4.69) is 36.3 Å². The quantitative estimate of drug-likeness (QED) is 0.857. The number of nitrogens with one attached hydrogen (secondary N) is 1. The van der Waals surface area contributed by atoms with Crippen LogP contribution in [-0.4, -0.2) is 17.2 Å². The summed E-state index contributed by atoms with van der Waals surface area (Å²) in [5.41, 5.74) is 4.79. The third kappa shape index (κ3) is 2.79. The summed E-state index contributed by atoms with van der Waals surface area (Å²) in [6.07, 6.45) is 6.48. The number of hydrogen-bond acceptors (Lipinski definition) is 4. The van der Waals surface area contributed by atoms with Gasteiger partial charge in [0.2, 0.25) is 0 Å². The van der Waals surface area contributed by atoms with Crippen molar-refractivity contribution in [1.29, 1.82) is 0 Å². The molecule has 1 atom stereocenters. The van der Waals surface area contributed by atoms with E-state index >= 15 is 0 Å². The van der Waals surface area contributed by atoms with Crippen LogP contribution in [-0.2, 0) is 4.74 Å². The molecular formula is C17H16N2O2. The van der Waals surface area contributed by atoms with Crippen LogP contribution < -0.4 is 5.32 Å². The number of aryl methyl sites for hydroxylation is 2. The van der Waals surface area contributed by atoms with Crippen molar-refractivity contribution in [2.75, 3.05) is 5.32 Å². The molecule has 4 nitrogen and oxygen atoms in total. The van der Waals surface area contributed by atoms with Crippen molar-refractivity contribution in [1.82, 2.24) is 4.98 Å². The molecule has 1 N–H and O–H groups in total. The van der Waals surface area contributed by atoms with Crippen LogP contribution in [0.5, 0.6) is 0 Å². The first kappa shape index (κ1) is 13.4. The topological polar surface area (TPSA) is 51.2 Å². The average molecular weight is 280 g/mol. The second-order valence-electron chi connectivity index (χ2n) is 5.09. The van der Waals surface area contributed by atoms with Crippen molar-refractivity contribution in [2.24, 2.45) is 0 Å². The van der Waals surface area contributed by atoms with Crippen molar-refractivity contribution >= 4 is 17.7 Å². The number of carbonyl (C=O) groups is 1. The maximum atomic E-state index is 11.9. The van der Waals surface area contributed by atoms with Crippen molar-refractivity contribution in [3.05, 3.63) is 65.0 Å². The van der Waals surface area contributed by atoms with E-state index in [4.69, 9.17) is 4.74 Å². The number of cyclic esters (lactones) is 1. The molecule has 0 amide bonds. The average Bonchev–Trinajstić information content (AvgIpc) is 2.49. The van der Waals surface area contributed by atoms with E-state index in [-0.39, 0.29) is 5.97 Å². The first-order valence-corrected chi connectivity index (χ1v) is 6.80. The Kier molecular flexibility index (Phi) is 3.44. The number of ether oxygens (including phenoxy) is 1. The standard InChI is InChI=1S/C17H16N2O2/c1-11-3-4-13(9-12(11)2)5-6-16-19-15-7-8-18-10-14(15)17(20)21-16/h3-10,16,19H,1-2H3/b6-5+. The number of benzene rings is 1. The molecule has 106 valence electrons. The molecule has 1 aromatic carbocycles. The number of rotatable bonds is 2. The Bertz CT molecular complexity index is 722. The van der Waals surface area contributed by atoms with Crippen LogP contribution >= 0.6 is 0 Å². The Morgan fingerprint density at radius 3 is 2.90 bits per heavy atom. The Balaban J connectivity index is 1.79. The highest BCUT2D eigenvalue weighted by Gasteiger charge is 2.23. The molecule has 0 fully saturated rings. The highest BCUT2D eigenvalue weighted by molar-refractivity contribution is 5.97. The summed E-state index contributed by atoms with van der Waals surface area (Å²) < 4.78 is 5.31. The van der Waals surface area contributed by atoms with Gasteiger partial charge in [-0.2, -0.15) is 0 Å². The summed E-state index contributed by atoms with van der Waals surface area (Å²) in [4.78, 5) is 15.8. The van der Waals surface area contributed by atoms with E-state index in [1.807, 2.05) is 18.2 Å². The highest BCUT2D eigenvalue weighted by Crippen LogP contribution is 2.22. The van der Waals surface area contributed by atoms with Crippen LogP contribution in [0.1, 0.15) is 27.0 Å². The van der Waals surface area contributed by atoms with Gasteiger partial charge in [0.15, 0.2) is 6.23 Å². The molecule has 0 aliphatic carbocycles. The Morgan fingerprint density at radius 1 is 1.24 bits per heavy atom. The van der Waals surface area contributed by atoms with Gasteiger partial charge in [-0.25, -0.2) is 4.79 Å². The molecule has 21 heavy (non-hydrogen) atoms. The van der Waals surface area contributed by atoms with Gasteiger partial charge in [-0.1, -0.05) is 24.3 Å². The summed E-state index contributed by atoms with van der Waals surface area (Å²) in [6.45, 7) is 4.16. The van der Waals surface area contributed by atoms with Gasteiger partial charge < -0.3 is 10.1 Å². The second kappa shape index (κ2) is 5.40. The highest BCUT2D eigenvalue weighted by atomic mass is 16.6. The first-order valence-electron chi connectivity index (χ1n) is 6.80. The van der Waals surface area contributed by atoms with Crippen molar-refractivity contribution in [3.63, 3.8) is 0 Å². The molecule has 0 saturated heterocycles. The molecule has 1 aliphatic heterocycles. The number of carbonyl (C=O) groups excluding carboxylic acids is 1. The van der Waals surface area contributed by atoms with Crippen LogP contribution in [0.3, 0.4) is 0 Å². The van der Waals surface area contributed by atoms with Crippen LogP contribution in [0.2, 0.25) is 0 Å².